The molecule has 1 aromatic heterocycles. The summed E-state index contributed by atoms with van der Waals surface area (Å²) in [5.74, 6) is 0.801. The van der Waals surface area contributed by atoms with Gasteiger partial charge in [0.25, 0.3) is 0 Å². The Morgan fingerprint density at radius 3 is 2.83 bits per heavy atom. The minimum absolute atomic E-state index is 0.152. The zero-order chi connectivity index (χ0) is 13.0. The van der Waals surface area contributed by atoms with E-state index in [-0.39, 0.29) is 6.04 Å². The van der Waals surface area contributed by atoms with Crippen LogP contribution in [0.1, 0.15) is 17.2 Å². The van der Waals surface area contributed by atoms with Crippen molar-refractivity contribution in [1.29, 1.82) is 0 Å². The summed E-state index contributed by atoms with van der Waals surface area (Å²) in [4.78, 5) is 3.96. The Kier molecular flexibility index (Phi) is 4.18. The predicted octanol–water partition coefficient (Wildman–Crippen LogP) is 2.99. The monoisotopic (exact) mass is 262 g/mol. The van der Waals surface area contributed by atoms with Crippen molar-refractivity contribution in [2.45, 2.75) is 12.5 Å². The van der Waals surface area contributed by atoms with Crippen molar-refractivity contribution in [3.63, 3.8) is 0 Å². The zero-order valence-corrected chi connectivity index (χ0v) is 10.9. The molecule has 4 heteroatoms. The molecule has 94 valence electrons. The van der Waals surface area contributed by atoms with Gasteiger partial charge in [0.1, 0.15) is 5.75 Å². The third-order valence-corrected chi connectivity index (χ3v) is 3.17. The van der Waals surface area contributed by atoms with Gasteiger partial charge in [-0.05, 0) is 24.1 Å². The van der Waals surface area contributed by atoms with E-state index in [4.69, 9.17) is 22.1 Å². The molecule has 18 heavy (non-hydrogen) atoms. The second kappa shape index (κ2) is 5.85. The molecular weight excluding hydrogens is 248 g/mol. The van der Waals surface area contributed by atoms with Crippen LogP contribution in [0.2, 0.25) is 5.02 Å². The normalized spacial score (nSPS) is 12.2. The van der Waals surface area contributed by atoms with Gasteiger partial charge in [-0.15, -0.1) is 0 Å². The van der Waals surface area contributed by atoms with Gasteiger partial charge in [-0.2, -0.15) is 0 Å². The number of ether oxygens (including phenoxy) is 1. The number of hydrogen-bond acceptors (Lipinski definition) is 3. The average Bonchev–Trinajstić information content (AvgIpc) is 2.41. The van der Waals surface area contributed by atoms with Crippen molar-refractivity contribution in [3.05, 3.63) is 58.9 Å². The van der Waals surface area contributed by atoms with Crippen LogP contribution in [-0.2, 0) is 6.42 Å². The second-order valence-corrected chi connectivity index (χ2v) is 4.43. The maximum atomic E-state index is 6.21. The van der Waals surface area contributed by atoms with Gasteiger partial charge in [0.2, 0.25) is 0 Å². The highest BCUT2D eigenvalue weighted by molar-refractivity contribution is 6.31. The molecule has 2 N–H and O–H groups in total. The number of hydrogen-bond donors (Lipinski definition) is 1. The molecule has 3 nitrogen and oxygen atoms in total. The lowest BCUT2D eigenvalue weighted by Crippen LogP contribution is -2.14. The van der Waals surface area contributed by atoms with Crippen LogP contribution < -0.4 is 10.5 Å². The number of methoxy groups -OCH3 is 1. The fraction of sp³-hybridized carbons (Fsp3) is 0.214. The van der Waals surface area contributed by atoms with Gasteiger partial charge in [-0.3, -0.25) is 4.98 Å². The maximum Gasteiger partial charge on any atom is 0.123 e. The molecule has 0 saturated carbocycles. The molecule has 0 spiro atoms. The Morgan fingerprint density at radius 2 is 2.11 bits per heavy atom. The molecule has 0 aliphatic heterocycles. The second-order valence-electron chi connectivity index (χ2n) is 4.02. The Morgan fingerprint density at radius 1 is 1.33 bits per heavy atom. The van der Waals surface area contributed by atoms with Crippen LogP contribution in [0.3, 0.4) is 0 Å². The van der Waals surface area contributed by atoms with Crippen molar-refractivity contribution in [3.8, 4) is 5.75 Å². The molecule has 1 heterocycles. The van der Waals surface area contributed by atoms with Crippen LogP contribution in [0.4, 0.5) is 0 Å². The van der Waals surface area contributed by atoms with Gasteiger partial charge in [0, 0.05) is 24.0 Å². The van der Waals surface area contributed by atoms with Crippen LogP contribution in [0.5, 0.6) is 5.75 Å². The molecule has 0 saturated heterocycles. The molecule has 1 aromatic carbocycles. The van der Waals surface area contributed by atoms with Crippen molar-refractivity contribution >= 4 is 11.6 Å². The number of benzene rings is 1. The Hall–Kier alpha value is -1.58. The molecule has 2 aromatic rings. The summed E-state index contributed by atoms with van der Waals surface area (Å²) in [6, 6.07) is 9.49. The molecule has 0 aliphatic rings. The number of rotatable bonds is 4. The lowest BCUT2D eigenvalue weighted by atomic mass is 9.99. The summed E-state index contributed by atoms with van der Waals surface area (Å²) in [7, 11) is 1.64. The van der Waals surface area contributed by atoms with Crippen LogP contribution in [0.25, 0.3) is 0 Å². The standard InChI is InChI=1S/C14H15ClN2O/c1-18-14-5-3-2-4-11(14)13(16)8-10-6-7-17-9-12(10)15/h2-7,9,13H,8,16H2,1H3. The first kappa shape index (κ1) is 12.9. The summed E-state index contributed by atoms with van der Waals surface area (Å²) in [6.45, 7) is 0. The molecule has 0 amide bonds. The van der Waals surface area contributed by atoms with Gasteiger partial charge < -0.3 is 10.5 Å². The van der Waals surface area contributed by atoms with Crippen molar-refractivity contribution in [2.75, 3.05) is 7.11 Å². The average molecular weight is 263 g/mol. The molecule has 1 unspecified atom stereocenters. The predicted molar refractivity (Wildman–Crippen MR) is 72.9 cm³/mol. The van der Waals surface area contributed by atoms with Crippen LogP contribution in [0, 0.1) is 0 Å². The van der Waals surface area contributed by atoms with E-state index in [1.54, 1.807) is 19.5 Å². The van der Waals surface area contributed by atoms with E-state index >= 15 is 0 Å². The minimum atomic E-state index is -0.152. The van der Waals surface area contributed by atoms with Gasteiger partial charge in [-0.25, -0.2) is 0 Å². The fourth-order valence-corrected chi connectivity index (χ4v) is 2.09. The van der Waals surface area contributed by atoms with Crippen LogP contribution >= 0.6 is 11.6 Å². The molecular formula is C14H15ClN2O. The summed E-state index contributed by atoms with van der Waals surface area (Å²) in [5.41, 5.74) is 8.18. The maximum absolute atomic E-state index is 6.21. The van der Waals surface area contributed by atoms with Gasteiger partial charge in [0.05, 0.1) is 12.1 Å². The number of nitrogens with two attached hydrogens (primary N) is 1. The lowest BCUT2D eigenvalue weighted by Gasteiger charge is -2.16. The first-order valence-electron chi connectivity index (χ1n) is 5.69. The van der Waals surface area contributed by atoms with E-state index < -0.39 is 0 Å². The van der Waals surface area contributed by atoms with E-state index in [9.17, 15) is 0 Å². The van der Waals surface area contributed by atoms with Gasteiger partial charge in [0.15, 0.2) is 0 Å². The Labute approximate surface area is 112 Å². The number of halogens is 1. The van der Waals surface area contributed by atoms with E-state index in [2.05, 4.69) is 4.98 Å². The van der Waals surface area contributed by atoms with Crippen molar-refractivity contribution in [1.82, 2.24) is 4.98 Å². The highest BCUT2D eigenvalue weighted by Crippen LogP contribution is 2.27. The molecule has 0 bridgehead atoms. The number of para-hydroxylation sites is 1. The van der Waals surface area contributed by atoms with Gasteiger partial charge >= 0.3 is 0 Å². The smallest absolute Gasteiger partial charge is 0.123 e. The molecule has 1 atom stereocenters. The molecule has 0 fully saturated rings. The Balaban J connectivity index is 2.22. The number of aromatic nitrogens is 1. The SMILES string of the molecule is COc1ccccc1C(N)Cc1ccncc1Cl. The summed E-state index contributed by atoms with van der Waals surface area (Å²) in [6.07, 6.45) is 4.00. The topological polar surface area (TPSA) is 48.1 Å². The van der Waals surface area contributed by atoms with Crippen LogP contribution in [-0.4, -0.2) is 12.1 Å². The largest absolute Gasteiger partial charge is 0.496 e. The third-order valence-electron chi connectivity index (χ3n) is 2.83. The molecule has 2 rings (SSSR count). The van der Waals surface area contributed by atoms with Gasteiger partial charge in [-0.1, -0.05) is 29.8 Å². The molecule has 0 radical (unpaired) electrons. The van der Waals surface area contributed by atoms with Crippen molar-refractivity contribution < 1.29 is 4.74 Å². The number of pyridine rings is 1. The van der Waals surface area contributed by atoms with E-state index in [1.807, 2.05) is 30.3 Å². The highest BCUT2D eigenvalue weighted by atomic mass is 35.5. The zero-order valence-electron chi connectivity index (χ0n) is 10.1. The van der Waals surface area contributed by atoms with Crippen LogP contribution in [0.15, 0.2) is 42.7 Å². The fourth-order valence-electron chi connectivity index (χ4n) is 1.89. The first-order chi connectivity index (χ1) is 8.72. The first-order valence-corrected chi connectivity index (χ1v) is 6.07. The quantitative estimate of drug-likeness (QED) is 0.922. The lowest BCUT2D eigenvalue weighted by molar-refractivity contribution is 0.405. The van der Waals surface area contributed by atoms with E-state index in [0.29, 0.717) is 11.4 Å². The molecule has 0 aliphatic carbocycles. The third kappa shape index (κ3) is 2.81. The van der Waals surface area contributed by atoms with E-state index in [0.717, 1.165) is 16.9 Å². The highest BCUT2D eigenvalue weighted by Gasteiger charge is 2.13. The minimum Gasteiger partial charge on any atom is -0.496 e. The summed E-state index contributed by atoms with van der Waals surface area (Å²) >= 11 is 6.08. The summed E-state index contributed by atoms with van der Waals surface area (Å²) in [5, 5.41) is 0.642. The Bertz CT molecular complexity index is 531. The van der Waals surface area contributed by atoms with E-state index in [1.165, 1.54) is 0 Å². The van der Waals surface area contributed by atoms with Crippen molar-refractivity contribution in [2.24, 2.45) is 5.73 Å². The summed E-state index contributed by atoms with van der Waals surface area (Å²) < 4.78 is 5.31. The number of nitrogens with zero attached hydrogens (tertiary/aromatic N) is 1.